The van der Waals surface area contributed by atoms with Crippen LogP contribution in [0.3, 0.4) is 0 Å². The van der Waals surface area contributed by atoms with Crippen molar-refractivity contribution in [1.82, 2.24) is 10.6 Å². The third-order valence-corrected chi connectivity index (χ3v) is 2.66. The predicted octanol–water partition coefficient (Wildman–Crippen LogP) is 0.531. The van der Waals surface area contributed by atoms with Crippen molar-refractivity contribution in [1.29, 1.82) is 0 Å². The van der Waals surface area contributed by atoms with Gasteiger partial charge in [0.05, 0.1) is 6.26 Å². The van der Waals surface area contributed by atoms with Gasteiger partial charge in [-0.2, -0.15) is 0 Å². The van der Waals surface area contributed by atoms with Gasteiger partial charge in [0.2, 0.25) is 5.91 Å². The quantitative estimate of drug-likeness (QED) is 0.666. The van der Waals surface area contributed by atoms with Crippen LogP contribution in [0.1, 0.15) is 24.4 Å². The van der Waals surface area contributed by atoms with Gasteiger partial charge in [-0.1, -0.05) is 6.92 Å². The zero-order valence-corrected chi connectivity index (χ0v) is 11.8. The summed E-state index contributed by atoms with van der Waals surface area (Å²) in [5.74, 6) is -0.400. The van der Waals surface area contributed by atoms with Crippen LogP contribution in [-0.4, -0.2) is 30.9 Å². The number of carbonyl (C=O) groups is 2. The minimum atomic E-state index is -0.297. The van der Waals surface area contributed by atoms with Crippen LogP contribution in [0.2, 0.25) is 0 Å². The molecule has 2 atom stereocenters. The van der Waals surface area contributed by atoms with Gasteiger partial charge >= 0.3 is 0 Å². The highest BCUT2D eigenvalue weighted by atomic mass is 35.5. The smallest absolute Gasteiger partial charge is 0.287 e. The van der Waals surface area contributed by atoms with Gasteiger partial charge in [0.15, 0.2) is 5.76 Å². The molecular weight excluding hydrogens is 270 g/mol. The van der Waals surface area contributed by atoms with E-state index < -0.39 is 0 Å². The van der Waals surface area contributed by atoms with Crippen molar-refractivity contribution in [3.05, 3.63) is 24.2 Å². The standard InChI is InChI=1S/C12H19N3O3.ClH/c1-8(9(2)13)11(16)14-5-6-15-12(17)10-4-3-7-18-10;/h3-4,7-9H,5-6,13H2,1-2H3,(H,14,16)(H,15,17);1H. The molecule has 0 aliphatic carbocycles. The minimum Gasteiger partial charge on any atom is -0.459 e. The maximum Gasteiger partial charge on any atom is 0.287 e. The SMILES string of the molecule is CC(N)C(C)C(=O)NCCNC(=O)c1ccco1.Cl. The fraction of sp³-hybridized carbons (Fsp3) is 0.500. The van der Waals surface area contributed by atoms with E-state index in [1.54, 1.807) is 26.0 Å². The van der Waals surface area contributed by atoms with Gasteiger partial charge in [0.25, 0.3) is 5.91 Å². The molecule has 2 amide bonds. The highest BCUT2D eigenvalue weighted by Gasteiger charge is 2.16. The van der Waals surface area contributed by atoms with E-state index in [4.69, 9.17) is 10.2 Å². The Hall–Kier alpha value is -1.53. The molecule has 1 aromatic heterocycles. The molecule has 1 heterocycles. The molecule has 2 unspecified atom stereocenters. The van der Waals surface area contributed by atoms with Crippen LogP contribution in [0.15, 0.2) is 22.8 Å². The maximum atomic E-state index is 11.5. The first-order chi connectivity index (χ1) is 8.52. The van der Waals surface area contributed by atoms with Crippen molar-refractivity contribution in [3.8, 4) is 0 Å². The molecule has 4 N–H and O–H groups in total. The molecule has 0 radical (unpaired) electrons. The van der Waals surface area contributed by atoms with Crippen LogP contribution in [0.5, 0.6) is 0 Å². The van der Waals surface area contributed by atoms with Crippen LogP contribution in [-0.2, 0) is 4.79 Å². The zero-order chi connectivity index (χ0) is 13.5. The van der Waals surface area contributed by atoms with Crippen LogP contribution < -0.4 is 16.4 Å². The number of amides is 2. The van der Waals surface area contributed by atoms with Gasteiger partial charge in [-0.25, -0.2) is 0 Å². The van der Waals surface area contributed by atoms with E-state index >= 15 is 0 Å². The van der Waals surface area contributed by atoms with Crippen molar-refractivity contribution >= 4 is 24.2 Å². The lowest BCUT2D eigenvalue weighted by Gasteiger charge is -2.15. The molecule has 0 saturated heterocycles. The minimum absolute atomic E-state index is 0. The summed E-state index contributed by atoms with van der Waals surface area (Å²) >= 11 is 0. The lowest BCUT2D eigenvalue weighted by molar-refractivity contribution is -0.124. The molecule has 0 aliphatic heterocycles. The molecule has 0 fully saturated rings. The van der Waals surface area contributed by atoms with Gasteiger partial charge in [0.1, 0.15) is 0 Å². The molecule has 6 nitrogen and oxygen atoms in total. The second-order valence-electron chi connectivity index (χ2n) is 4.17. The average molecular weight is 290 g/mol. The van der Waals surface area contributed by atoms with E-state index in [2.05, 4.69) is 10.6 Å². The normalized spacial score (nSPS) is 13.0. The fourth-order valence-electron chi connectivity index (χ4n) is 1.26. The molecule has 0 aromatic carbocycles. The summed E-state index contributed by atoms with van der Waals surface area (Å²) < 4.78 is 4.93. The third kappa shape index (κ3) is 5.76. The first-order valence-corrected chi connectivity index (χ1v) is 5.87. The summed E-state index contributed by atoms with van der Waals surface area (Å²) in [5, 5.41) is 5.33. The summed E-state index contributed by atoms with van der Waals surface area (Å²) in [6.07, 6.45) is 1.43. The van der Waals surface area contributed by atoms with Crippen LogP contribution in [0, 0.1) is 5.92 Å². The van der Waals surface area contributed by atoms with E-state index in [-0.39, 0.29) is 41.9 Å². The van der Waals surface area contributed by atoms with E-state index in [1.165, 1.54) is 6.26 Å². The number of halogens is 1. The third-order valence-electron chi connectivity index (χ3n) is 2.66. The number of furan rings is 1. The molecule has 108 valence electrons. The Bertz CT molecular complexity index is 393. The number of nitrogens with two attached hydrogens (primary N) is 1. The fourth-order valence-corrected chi connectivity index (χ4v) is 1.26. The summed E-state index contributed by atoms with van der Waals surface area (Å²) in [6.45, 7) is 4.25. The summed E-state index contributed by atoms with van der Waals surface area (Å²) in [7, 11) is 0. The van der Waals surface area contributed by atoms with Crippen LogP contribution in [0.25, 0.3) is 0 Å². The van der Waals surface area contributed by atoms with Crippen molar-refractivity contribution in [3.63, 3.8) is 0 Å². The van der Waals surface area contributed by atoms with Crippen LogP contribution >= 0.6 is 12.4 Å². The van der Waals surface area contributed by atoms with Crippen molar-refractivity contribution in [2.45, 2.75) is 19.9 Å². The number of rotatable bonds is 6. The molecular formula is C12H20ClN3O3. The Morgan fingerprint density at radius 1 is 1.32 bits per heavy atom. The largest absolute Gasteiger partial charge is 0.459 e. The second-order valence-corrected chi connectivity index (χ2v) is 4.17. The molecule has 7 heteroatoms. The van der Waals surface area contributed by atoms with E-state index in [1.807, 2.05) is 0 Å². The highest BCUT2D eigenvalue weighted by molar-refractivity contribution is 5.91. The van der Waals surface area contributed by atoms with Crippen molar-refractivity contribution in [2.75, 3.05) is 13.1 Å². The molecule has 0 spiro atoms. The Kier molecular flexibility index (Phi) is 7.86. The monoisotopic (exact) mass is 289 g/mol. The summed E-state index contributed by atoms with van der Waals surface area (Å²) in [5.41, 5.74) is 5.61. The number of hydrogen-bond acceptors (Lipinski definition) is 4. The summed E-state index contributed by atoms with van der Waals surface area (Å²) in [6, 6.07) is 3.02. The lowest BCUT2D eigenvalue weighted by atomic mass is 10.0. The molecule has 0 saturated carbocycles. The highest BCUT2D eigenvalue weighted by Crippen LogP contribution is 1.99. The number of carbonyl (C=O) groups excluding carboxylic acids is 2. The maximum absolute atomic E-state index is 11.5. The predicted molar refractivity (Wildman–Crippen MR) is 74.1 cm³/mol. The molecule has 1 aromatic rings. The first kappa shape index (κ1) is 17.5. The van der Waals surface area contributed by atoms with Gasteiger partial charge in [0, 0.05) is 25.0 Å². The zero-order valence-electron chi connectivity index (χ0n) is 11.0. The van der Waals surface area contributed by atoms with Crippen molar-refractivity contribution < 1.29 is 14.0 Å². The molecule has 1 rings (SSSR count). The van der Waals surface area contributed by atoms with Crippen molar-refractivity contribution in [2.24, 2.45) is 11.7 Å². The average Bonchev–Trinajstić information content (AvgIpc) is 2.86. The first-order valence-electron chi connectivity index (χ1n) is 5.87. The Labute approximate surface area is 118 Å². The topological polar surface area (TPSA) is 97.4 Å². The molecule has 0 aliphatic rings. The van der Waals surface area contributed by atoms with Gasteiger partial charge in [-0.15, -0.1) is 12.4 Å². The molecule has 0 bridgehead atoms. The molecule has 19 heavy (non-hydrogen) atoms. The van der Waals surface area contributed by atoms with E-state index in [0.717, 1.165) is 0 Å². The Morgan fingerprint density at radius 3 is 2.47 bits per heavy atom. The summed E-state index contributed by atoms with van der Waals surface area (Å²) in [4.78, 5) is 23.0. The van der Waals surface area contributed by atoms with Crippen LogP contribution in [0.4, 0.5) is 0 Å². The van der Waals surface area contributed by atoms with E-state index in [0.29, 0.717) is 13.1 Å². The van der Waals surface area contributed by atoms with Gasteiger partial charge < -0.3 is 20.8 Å². The number of hydrogen-bond donors (Lipinski definition) is 3. The van der Waals surface area contributed by atoms with Gasteiger partial charge in [-0.05, 0) is 19.1 Å². The Balaban J connectivity index is 0.00000324. The Morgan fingerprint density at radius 2 is 1.95 bits per heavy atom. The van der Waals surface area contributed by atoms with Gasteiger partial charge in [-0.3, -0.25) is 9.59 Å². The lowest BCUT2D eigenvalue weighted by Crippen LogP contribution is -2.41. The van der Waals surface area contributed by atoms with E-state index in [9.17, 15) is 9.59 Å². The number of nitrogens with one attached hydrogen (secondary N) is 2. The second kappa shape index (κ2) is 8.55.